The standard InChI is InChI=1S/C14H30N4O/c1-3-13(4-2)12-17-14(15)16-6-5-7-18-8-10-19-11-9-18/h13H,3-12H2,1-2H3,(H3,15,16,17). The molecule has 0 spiro atoms. The number of nitrogens with one attached hydrogen (secondary N) is 1. The Balaban J connectivity index is 2.05. The van der Waals surface area contributed by atoms with Gasteiger partial charge in [-0.05, 0) is 18.9 Å². The highest BCUT2D eigenvalue weighted by Crippen LogP contribution is 2.06. The molecule has 112 valence electrons. The second-order valence-electron chi connectivity index (χ2n) is 5.14. The van der Waals surface area contributed by atoms with Crippen LogP contribution in [0.5, 0.6) is 0 Å². The van der Waals surface area contributed by atoms with Gasteiger partial charge >= 0.3 is 0 Å². The van der Waals surface area contributed by atoms with Gasteiger partial charge in [0.15, 0.2) is 5.96 Å². The highest BCUT2D eigenvalue weighted by molar-refractivity contribution is 5.77. The lowest BCUT2D eigenvalue weighted by molar-refractivity contribution is 0.0376. The van der Waals surface area contributed by atoms with Gasteiger partial charge in [0.1, 0.15) is 0 Å². The van der Waals surface area contributed by atoms with Crippen molar-refractivity contribution in [3.63, 3.8) is 0 Å². The molecule has 19 heavy (non-hydrogen) atoms. The lowest BCUT2D eigenvalue weighted by Crippen LogP contribution is -2.39. The zero-order valence-corrected chi connectivity index (χ0v) is 12.5. The Morgan fingerprint density at radius 3 is 2.63 bits per heavy atom. The number of aliphatic imine (C=N–C) groups is 1. The summed E-state index contributed by atoms with van der Waals surface area (Å²) >= 11 is 0. The monoisotopic (exact) mass is 270 g/mol. The van der Waals surface area contributed by atoms with Crippen LogP contribution in [0.1, 0.15) is 33.1 Å². The Bertz CT molecular complexity index is 248. The maximum Gasteiger partial charge on any atom is 0.188 e. The molecule has 0 saturated carbocycles. The van der Waals surface area contributed by atoms with Crippen LogP contribution in [0.15, 0.2) is 4.99 Å². The van der Waals surface area contributed by atoms with Crippen LogP contribution >= 0.6 is 0 Å². The van der Waals surface area contributed by atoms with E-state index in [1.165, 1.54) is 12.8 Å². The van der Waals surface area contributed by atoms with Crippen LogP contribution in [-0.4, -0.2) is 56.8 Å². The quantitative estimate of drug-likeness (QED) is 0.393. The Morgan fingerprint density at radius 1 is 1.32 bits per heavy atom. The van der Waals surface area contributed by atoms with Crippen LogP contribution in [0.25, 0.3) is 0 Å². The number of guanidine groups is 1. The van der Waals surface area contributed by atoms with Crippen molar-refractivity contribution in [3.05, 3.63) is 0 Å². The Hall–Kier alpha value is -0.810. The summed E-state index contributed by atoms with van der Waals surface area (Å²) in [5.41, 5.74) is 5.86. The van der Waals surface area contributed by atoms with Crippen molar-refractivity contribution >= 4 is 5.96 Å². The summed E-state index contributed by atoms with van der Waals surface area (Å²) in [7, 11) is 0. The van der Waals surface area contributed by atoms with Crippen LogP contribution in [-0.2, 0) is 4.74 Å². The normalized spacial score (nSPS) is 17.9. The van der Waals surface area contributed by atoms with Crippen LogP contribution in [0.4, 0.5) is 0 Å². The van der Waals surface area contributed by atoms with Gasteiger partial charge in [-0.3, -0.25) is 9.89 Å². The van der Waals surface area contributed by atoms with Crippen LogP contribution in [0.3, 0.4) is 0 Å². The molecule has 0 aromatic heterocycles. The minimum absolute atomic E-state index is 0.592. The Labute approximate surface area is 117 Å². The van der Waals surface area contributed by atoms with E-state index in [4.69, 9.17) is 10.5 Å². The predicted octanol–water partition coefficient (Wildman–Crippen LogP) is 1.05. The third kappa shape index (κ3) is 7.38. The molecule has 1 aliphatic heterocycles. The van der Waals surface area contributed by atoms with Crippen molar-refractivity contribution in [3.8, 4) is 0 Å². The molecule has 0 atom stereocenters. The number of nitrogens with zero attached hydrogens (tertiary/aromatic N) is 2. The highest BCUT2D eigenvalue weighted by atomic mass is 16.5. The van der Waals surface area contributed by atoms with Gasteiger partial charge in [-0.1, -0.05) is 26.7 Å². The van der Waals surface area contributed by atoms with Crippen molar-refractivity contribution in [2.24, 2.45) is 16.6 Å². The summed E-state index contributed by atoms with van der Waals surface area (Å²) in [6.07, 6.45) is 3.44. The van der Waals surface area contributed by atoms with E-state index in [2.05, 4.69) is 29.1 Å². The molecule has 1 heterocycles. The van der Waals surface area contributed by atoms with Gasteiger partial charge in [0.05, 0.1) is 13.2 Å². The Kier molecular flexibility index (Phi) is 8.58. The number of morpholine rings is 1. The fourth-order valence-corrected chi connectivity index (χ4v) is 2.17. The molecule has 0 aromatic rings. The average molecular weight is 270 g/mol. The molecule has 0 bridgehead atoms. The maximum absolute atomic E-state index is 5.86. The zero-order valence-electron chi connectivity index (χ0n) is 12.5. The number of hydrogen-bond donors (Lipinski definition) is 2. The second-order valence-corrected chi connectivity index (χ2v) is 5.14. The van der Waals surface area contributed by atoms with Gasteiger partial charge in [-0.25, -0.2) is 0 Å². The molecule has 0 amide bonds. The first kappa shape index (κ1) is 16.2. The van der Waals surface area contributed by atoms with Crippen molar-refractivity contribution in [1.82, 2.24) is 10.2 Å². The van der Waals surface area contributed by atoms with E-state index < -0.39 is 0 Å². The van der Waals surface area contributed by atoms with Gasteiger partial charge < -0.3 is 15.8 Å². The molecule has 0 aliphatic carbocycles. The zero-order chi connectivity index (χ0) is 13.9. The number of hydrogen-bond acceptors (Lipinski definition) is 3. The summed E-state index contributed by atoms with van der Waals surface area (Å²) in [4.78, 5) is 6.83. The lowest BCUT2D eigenvalue weighted by Gasteiger charge is -2.26. The first-order valence-electron chi connectivity index (χ1n) is 7.60. The van der Waals surface area contributed by atoms with E-state index >= 15 is 0 Å². The van der Waals surface area contributed by atoms with Crippen molar-refractivity contribution in [2.75, 3.05) is 45.9 Å². The topological polar surface area (TPSA) is 62.9 Å². The fraction of sp³-hybridized carbons (Fsp3) is 0.929. The van der Waals surface area contributed by atoms with Gasteiger partial charge in [-0.2, -0.15) is 0 Å². The predicted molar refractivity (Wildman–Crippen MR) is 80.4 cm³/mol. The second kappa shape index (κ2) is 10.0. The first-order chi connectivity index (χ1) is 9.26. The van der Waals surface area contributed by atoms with E-state index in [1.54, 1.807) is 0 Å². The minimum atomic E-state index is 0.592. The van der Waals surface area contributed by atoms with E-state index in [1.807, 2.05) is 0 Å². The van der Waals surface area contributed by atoms with Crippen LogP contribution in [0, 0.1) is 5.92 Å². The molecule has 1 fully saturated rings. The SMILES string of the molecule is CCC(CC)CN=C(N)NCCCN1CCOCC1. The maximum atomic E-state index is 5.86. The van der Waals surface area contributed by atoms with Crippen molar-refractivity contribution in [2.45, 2.75) is 33.1 Å². The van der Waals surface area contributed by atoms with E-state index in [0.717, 1.165) is 52.4 Å². The van der Waals surface area contributed by atoms with E-state index in [0.29, 0.717) is 11.9 Å². The van der Waals surface area contributed by atoms with Crippen LogP contribution < -0.4 is 11.1 Å². The summed E-state index contributed by atoms with van der Waals surface area (Å²) in [6, 6.07) is 0. The summed E-state index contributed by atoms with van der Waals surface area (Å²) < 4.78 is 5.32. The summed E-state index contributed by atoms with van der Waals surface area (Å²) in [6.45, 7) is 11.1. The van der Waals surface area contributed by atoms with E-state index in [-0.39, 0.29) is 0 Å². The highest BCUT2D eigenvalue weighted by Gasteiger charge is 2.09. The average Bonchev–Trinajstić information content (AvgIpc) is 2.46. The van der Waals surface area contributed by atoms with Crippen molar-refractivity contribution in [1.29, 1.82) is 0 Å². The molecule has 1 aliphatic rings. The van der Waals surface area contributed by atoms with Gasteiger partial charge in [0.25, 0.3) is 0 Å². The molecule has 3 N–H and O–H groups in total. The molecule has 1 saturated heterocycles. The number of ether oxygens (including phenoxy) is 1. The van der Waals surface area contributed by atoms with Gasteiger partial charge in [0.2, 0.25) is 0 Å². The van der Waals surface area contributed by atoms with Crippen LogP contribution in [0.2, 0.25) is 0 Å². The molecule has 0 aromatic carbocycles. The molecule has 0 unspecified atom stereocenters. The van der Waals surface area contributed by atoms with E-state index in [9.17, 15) is 0 Å². The number of rotatable bonds is 8. The third-order valence-corrected chi connectivity index (χ3v) is 3.74. The molecular weight excluding hydrogens is 240 g/mol. The minimum Gasteiger partial charge on any atom is -0.379 e. The smallest absolute Gasteiger partial charge is 0.188 e. The molecule has 1 rings (SSSR count). The third-order valence-electron chi connectivity index (χ3n) is 3.74. The van der Waals surface area contributed by atoms with Gasteiger partial charge in [-0.15, -0.1) is 0 Å². The van der Waals surface area contributed by atoms with Crippen molar-refractivity contribution < 1.29 is 4.74 Å². The molecule has 5 heteroatoms. The first-order valence-corrected chi connectivity index (χ1v) is 7.60. The largest absolute Gasteiger partial charge is 0.379 e. The fourth-order valence-electron chi connectivity index (χ4n) is 2.17. The molecular formula is C14H30N4O. The summed E-state index contributed by atoms with van der Waals surface area (Å²) in [5.74, 6) is 1.25. The molecule has 5 nitrogen and oxygen atoms in total. The molecule has 0 radical (unpaired) electrons. The van der Waals surface area contributed by atoms with Gasteiger partial charge in [0, 0.05) is 26.2 Å². The Morgan fingerprint density at radius 2 is 2.00 bits per heavy atom. The number of nitrogens with two attached hydrogens (primary N) is 1. The lowest BCUT2D eigenvalue weighted by atomic mass is 10.0. The summed E-state index contributed by atoms with van der Waals surface area (Å²) in [5, 5.41) is 3.20.